The molecule has 0 spiro atoms. The number of rotatable bonds is 12. The fraction of sp³-hybridized carbons (Fsp3) is 0.156. The zero-order valence-electron chi connectivity index (χ0n) is 28.1. The topological polar surface area (TPSA) is 64.6 Å². The minimum atomic E-state index is -1.34. The zero-order chi connectivity index (χ0) is 35.0. The summed E-state index contributed by atoms with van der Waals surface area (Å²) >= 11 is 6.87. The van der Waals surface area contributed by atoms with Gasteiger partial charge in [-0.25, -0.2) is 4.79 Å². The van der Waals surface area contributed by atoms with E-state index in [1.165, 1.54) is 0 Å². The minimum Gasteiger partial charge on any atom is -0.449 e. The Hall–Kier alpha value is -5.65. The summed E-state index contributed by atoms with van der Waals surface area (Å²) in [6, 6.07) is 52.6. The molecule has 0 saturated carbocycles. The van der Waals surface area contributed by atoms with Crippen LogP contribution < -0.4 is 5.32 Å². The van der Waals surface area contributed by atoms with Gasteiger partial charge in [-0.3, -0.25) is 4.79 Å². The molecule has 7 rings (SSSR count). The molecule has 0 aromatic heterocycles. The van der Waals surface area contributed by atoms with Gasteiger partial charge in [0.25, 0.3) is 0 Å². The highest BCUT2D eigenvalue weighted by Gasteiger charge is 2.42. The highest BCUT2D eigenvalue weighted by atomic mass is 35.5. The van der Waals surface area contributed by atoms with Gasteiger partial charge in [0.1, 0.15) is 6.61 Å². The van der Waals surface area contributed by atoms with Gasteiger partial charge in [0, 0.05) is 33.7 Å². The number of benzene rings is 6. The molecule has 254 valence electrons. The van der Waals surface area contributed by atoms with E-state index in [0.717, 1.165) is 38.9 Å². The van der Waals surface area contributed by atoms with Crippen LogP contribution in [-0.4, -0.2) is 24.7 Å². The number of halogens is 1. The molecule has 6 aromatic rings. The van der Waals surface area contributed by atoms with E-state index in [0.29, 0.717) is 23.4 Å². The monoisotopic (exact) mass is 691 g/mol. The van der Waals surface area contributed by atoms with E-state index in [1.54, 1.807) is 6.07 Å². The van der Waals surface area contributed by atoms with Crippen LogP contribution in [0.4, 0.5) is 4.79 Å². The van der Waals surface area contributed by atoms with E-state index in [1.807, 2.05) is 133 Å². The first-order valence-corrected chi connectivity index (χ1v) is 17.6. The largest absolute Gasteiger partial charge is 0.449 e. The van der Waals surface area contributed by atoms with Crippen molar-refractivity contribution in [2.75, 3.05) is 6.61 Å². The Morgan fingerprint density at radius 1 is 0.647 bits per heavy atom. The normalized spacial score (nSPS) is 12.7. The summed E-state index contributed by atoms with van der Waals surface area (Å²) in [5.41, 5.74) is 6.49. The lowest BCUT2D eigenvalue weighted by Crippen LogP contribution is -2.41. The molecule has 0 radical (unpaired) electrons. The van der Waals surface area contributed by atoms with Crippen LogP contribution in [0.2, 0.25) is 5.02 Å². The first-order chi connectivity index (χ1) is 25.0. The Morgan fingerprint density at radius 2 is 1.16 bits per heavy atom. The summed E-state index contributed by atoms with van der Waals surface area (Å²) in [6.07, 6.45) is 0.489. The van der Waals surface area contributed by atoms with E-state index in [2.05, 4.69) is 29.6 Å². The van der Waals surface area contributed by atoms with Gasteiger partial charge in [-0.1, -0.05) is 169 Å². The molecule has 0 bridgehead atoms. The van der Waals surface area contributed by atoms with Crippen molar-refractivity contribution in [3.8, 4) is 11.1 Å². The third kappa shape index (κ3) is 7.30. The van der Waals surface area contributed by atoms with E-state index >= 15 is 0 Å². The first-order valence-electron chi connectivity index (χ1n) is 17.3. The van der Waals surface area contributed by atoms with Crippen LogP contribution in [0.25, 0.3) is 11.1 Å². The van der Waals surface area contributed by atoms with Crippen LogP contribution in [0.5, 0.6) is 0 Å². The van der Waals surface area contributed by atoms with Crippen molar-refractivity contribution in [3.63, 3.8) is 0 Å². The number of hydrogen-bond donors (Lipinski definition) is 1. The van der Waals surface area contributed by atoms with Crippen molar-refractivity contribution in [1.82, 2.24) is 5.32 Å². The Labute approximate surface area is 303 Å². The molecule has 0 heterocycles. The summed E-state index contributed by atoms with van der Waals surface area (Å²) in [6.45, 7) is 0.174. The standard InChI is InChI=1S/C45H38ClNO4/c46-42-27-15-14-26-41(42)45(33-18-6-2-7-19-33,34-20-8-3-9-21-34)51-43(48)30-35(29-28-32-16-4-1-5-17-32)47-44(49)50-31-40-38-24-12-10-22-36(38)37-23-11-13-25-39(37)40/h1-27,35,40H,28-31H2,(H,47,49)/t35-/m1/s1. The molecule has 1 aliphatic rings. The van der Waals surface area contributed by atoms with E-state index in [-0.39, 0.29) is 18.9 Å². The zero-order valence-corrected chi connectivity index (χ0v) is 28.8. The van der Waals surface area contributed by atoms with Crippen LogP contribution in [0.1, 0.15) is 52.1 Å². The fourth-order valence-electron chi connectivity index (χ4n) is 7.17. The molecule has 51 heavy (non-hydrogen) atoms. The Kier molecular flexibility index (Phi) is 10.3. The van der Waals surface area contributed by atoms with Crippen molar-refractivity contribution < 1.29 is 19.1 Å². The van der Waals surface area contributed by atoms with Crippen LogP contribution >= 0.6 is 11.6 Å². The predicted octanol–water partition coefficient (Wildman–Crippen LogP) is 10.1. The molecular weight excluding hydrogens is 654 g/mol. The van der Waals surface area contributed by atoms with Crippen molar-refractivity contribution in [1.29, 1.82) is 0 Å². The maximum atomic E-state index is 14.3. The molecule has 1 amide bonds. The molecule has 1 atom stereocenters. The molecule has 1 aliphatic carbocycles. The number of fused-ring (bicyclic) bond motifs is 3. The van der Waals surface area contributed by atoms with E-state index in [9.17, 15) is 9.59 Å². The molecular formula is C45H38ClNO4. The molecule has 0 aliphatic heterocycles. The van der Waals surface area contributed by atoms with Crippen LogP contribution in [-0.2, 0) is 26.3 Å². The Morgan fingerprint density at radius 3 is 1.75 bits per heavy atom. The van der Waals surface area contributed by atoms with E-state index in [4.69, 9.17) is 21.1 Å². The van der Waals surface area contributed by atoms with Crippen molar-refractivity contribution in [2.24, 2.45) is 0 Å². The summed E-state index contributed by atoms with van der Waals surface area (Å²) in [5.74, 6) is -0.566. The molecule has 0 fully saturated rings. The number of alkyl carbamates (subject to hydrolysis) is 1. The number of esters is 1. The maximum absolute atomic E-state index is 14.3. The molecule has 1 N–H and O–H groups in total. The van der Waals surface area contributed by atoms with Gasteiger partial charge in [-0.2, -0.15) is 0 Å². The molecule has 0 unspecified atom stereocenters. The number of ether oxygens (including phenoxy) is 2. The van der Waals surface area contributed by atoms with Gasteiger partial charge in [-0.05, 0) is 46.7 Å². The average Bonchev–Trinajstić information content (AvgIpc) is 3.50. The molecule has 5 nitrogen and oxygen atoms in total. The van der Waals surface area contributed by atoms with Gasteiger partial charge in [0.05, 0.1) is 6.42 Å². The van der Waals surface area contributed by atoms with Gasteiger partial charge in [0.2, 0.25) is 0 Å². The SMILES string of the molecule is O=C(C[C@@H](CCc1ccccc1)NC(=O)OCC1c2ccccc2-c2ccccc21)OC(c1ccccc1)(c1ccccc1)c1ccccc1Cl. The highest BCUT2D eigenvalue weighted by molar-refractivity contribution is 6.31. The van der Waals surface area contributed by atoms with Crippen LogP contribution in [0.3, 0.4) is 0 Å². The van der Waals surface area contributed by atoms with Crippen molar-refractivity contribution in [3.05, 3.63) is 202 Å². The van der Waals surface area contributed by atoms with Gasteiger partial charge >= 0.3 is 12.1 Å². The second-order valence-electron chi connectivity index (χ2n) is 12.8. The second-order valence-corrected chi connectivity index (χ2v) is 13.2. The summed E-state index contributed by atoms with van der Waals surface area (Å²) in [4.78, 5) is 27.8. The maximum Gasteiger partial charge on any atom is 0.407 e. The lowest BCUT2D eigenvalue weighted by molar-refractivity contribution is -0.154. The number of nitrogens with one attached hydrogen (secondary N) is 1. The third-order valence-electron chi connectivity index (χ3n) is 9.58. The second kappa shape index (κ2) is 15.5. The lowest BCUT2D eigenvalue weighted by Gasteiger charge is -2.36. The fourth-order valence-corrected chi connectivity index (χ4v) is 7.44. The number of amides is 1. The predicted molar refractivity (Wildman–Crippen MR) is 202 cm³/mol. The summed E-state index contributed by atoms with van der Waals surface area (Å²) in [7, 11) is 0. The average molecular weight is 692 g/mol. The van der Waals surface area contributed by atoms with E-state index < -0.39 is 23.7 Å². The highest BCUT2D eigenvalue weighted by Crippen LogP contribution is 2.45. The van der Waals surface area contributed by atoms with Gasteiger partial charge < -0.3 is 14.8 Å². The summed E-state index contributed by atoms with van der Waals surface area (Å²) < 4.78 is 12.6. The van der Waals surface area contributed by atoms with Gasteiger partial charge in [0.15, 0.2) is 5.60 Å². The molecule has 0 saturated heterocycles. The Balaban J connectivity index is 1.14. The number of carbonyl (C=O) groups is 2. The number of hydrogen-bond acceptors (Lipinski definition) is 4. The molecule has 6 aromatic carbocycles. The number of carbonyl (C=O) groups excluding carboxylic acids is 2. The quantitative estimate of drug-likeness (QED) is 0.102. The summed E-state index contributed by atoms with van der Waals surface area (Å²) in [5, 5.41) is 3.49. The Bertz CT molecular complexity index is 2020. The number of aryl methyl sites for hydroxylation is 1. The molecule has 6 heteroatoms. The smallest absolute Gasteiger partial charge is 0.407 e. The lowest BCUT2D eigenvalue weighted by atomic mass is 9.80. The van der Waals surface area contributed by atoms with Crippen LogP contribution in [0, 0.1) is 0 Å². The van der Waals surface area contributed by atoms with Crippen molar-refractivity contribution in [2.45, 2.75) is 36.8 Å². The first kappa shape index (κ1) is 33.8. The van der Waals surface area contributed by atoms with Gasteiger partial charge in [-0.15, -0.1) is 0 Å². The third-order valence-corrected chi connectivity index (χ3v) is 9.91. The van der Waals surface area contributed by atoms with Crippen molar-refractivity contribution >= 4 is 23.7 Å². The minimum absolute atomic E-state index is 0.0798. The van der Waals surface area contributed by atoms with Crippen LogP contribution in [0.15, 0.2) is 164 Å².